The van der Waals surface area contributed by atoms with Crippen molar-refractivity contribution in [3.05, 3.63) is 41.4 Å². The number of aliphatic hydroxyl groups is 1. The number of anilines is 1. The lowest BCUT2D eigenvalue weighted by Crippen LogP contribution is -2.20. The first kappa shape index (κ1) is 13.1. The van der Waals surface area contributed by atoms with E-state index >= 15 is 0 Å². The topological polar surface area (TPSA) is 23.5 Å². The van der Waals surface area contributed by atoms with Gasteiger partial charge in [-0.15, -0.1) is 6.58 Å². The van der Waals surface area contributed by atoms with E-state index in [1.807, 2.05) is 31.3 Å². The van der Waals surface area contributed by atoms with Crippen molar-refractivity contribution in [3.63, 3.8) is 0 Å². The van der Waals surface area contributed by atoms with E-state index in [1.54, 1.807) is 0 Å². The monoisotopic (exact) mass is 239 g/mol. The van der Waals surface area contributed by atoms with Crippen LogP contribution in [0.3, 0.4) is 0 Å². The molecule has 0 bridgehead atoms. The fourth-order valence-corrected chi connectivity index (χ4v) is 2.04. The smallest absolute Gasteiger partial charge is 0.0702 e. The Kier molecular flexibility index (Phi) is 5.36. The second-order valence-electron chi connectivity index (χ2n) is 3.76. The molecular formula is C13H18ClNO. The molecule has 0 atom stereocenters. The maximum atomic E-state index is 9.26. The van der Waals surface area contributed by atoms with E-state index in [2.05, 4.69) is 11.5 Å². The van der Waals surface area contributed by atoms with Gasteiger partial charge in [0.15, 0.2) is 0 Å². The number of nitrogens with zero attached hydrogens (tertiary/aromatic N) is 1. The zero-order chi connectivity index (χ0) is 12.0. The van der Waals surface area contributed by atoms with Gasteiger partial charge in [-0.3, -0.25) is 0 Å². The summed E-state index contributed by atoms with van der Waals surface area (Å²) < 4.78 is 0. The summed E-state index contributed by atoms with van der Waals surface area (Å²) in [7, 11) is 1.99. The van der Waals surface area contributed by atoms with Crippen LogP contribution >= 0.6 is 11.6 Å². The van der Waals surface area contributed by atoms with Gasteiger partial charge in [-0.2, -0.15) is 0 Å². The Labute approximate surface area is 102 Å². The Bertz CT molecular complexity index is 352. The van der Waals surface area contributed by atoms with Crippen LogP contribution in [0.1, 0.15) is 18.4 Å². The van der Waals surface area contributed by atoms with E-state index in [0.29, 0.717) is 5.02 Å². The normalized spacial score (nSPS) is 10.2. The lowest BCUT2D eigenvalue weighted by atomic mass is 10.1. The summed E-state index contributed by atoms with van der Waals surface area (Å²) >= 11 is 6.14. The fourth-order valence-electron chi connectivity index (χ4n) is 1.70. The van der Waals surface area contributed by atoms with Crippen molar-refractivity contribution in [3.8, 4) is 0 Å². The summed E-state index contributed by atoms with van der Waals surface area (Å²) in [5, 5.41) is 9.95. The van der Waals surface area contributed by atoms with Crippen LogP contribution in [0.15, 0.2) is 30.9 Å². The van der Waals surface area contributed by atoms with E-state index in [0.717, 1.165) is 30.6 Å². The third-order valence-electron chi connectivity index (χ3n) is 2.52. The second kappa shape index (κ2) is 6.56. The Morgan fingerprint density at radius 3 is 2.88 bits per heavy atom. The van der Waals surface area contributed by atoms with E-state index in [4.69, 9.17) is 11.6 Å². The number of aliphatic hydroxyl groups excluding tert-OH is 1. The lowest BCUT2D eigenvalue weighted by Gasteiger charge is -2.23. The van der Waals surface area contributed by atoms with E-state index in [1.165, 1.54) is 0 Å². The fraction of sp³-hybridized carbons (Fsp3) is 0.385. The molecule has 0 spiro atoms. The number of para-hydroxylation sites is 1. The number of benzene rings is 1. The van der Waals surface area contributed by atoms with Crippen LogP contribution in [-0.2, 0) is 6.61 Å². The summed E-state index contributed by atoms with van der Waals surface area (Å²) in [6.45, 7) is 4.62. The zero-order valence-corrected chi connectivity index (χ0v) is 10.4. The molecule has 1 rings (SSSR count). The molecule has 0 aliphatic rings. The standard InChI is InChI=1S/C13H18ClNO/c1-3-4-5-9-15(2)13-11(10-16)7-6-8-12(13)14/h3,6-8,16H,1,4-5,9-10H2,2H3. The Hall–Kier alpha value is -0.990. The Balaban J connectivity index is 2.80. The Morgan fingerprint density at radius 2 is 2.25 bits per heavy atom. The number of rotatable bonds is 6. The van der Waals surface area contributed by atoms with Crippen LogP contribution in [-0.4, -0.2) is 18.7 Å². The van der Waals surface area contributed by atoms with Gasteiger partial charge < -0.3 is 10.0 Å². The van der Waals surface area contributed by atoms with Crippen LogP contribution in [0.25, 0.3) is 0 Å². The first-order valence-electron chi connectivity index (χ1n) is 5.41. The molecule has 0 radical (unpaired) electrons. The average molecular weight is 240 g/mol. The Morgan fingerprint density at radius 1 is 1.50 bits per heavy atom. The number of allylic oxidation sites excluding steroid dienone is 1. The first-order valence-corrected chi connectivity index (χ1v) is 5.78. The third-order valence-corrected chi connectivity index (χ3v) is 2.83. The van der Waals surface area contributed by atoms with Crippen LogP contribution in [0.5, 0.6) is 0 Å². The van der Waals surface area contributed by atoms with Gasteiger partial charge in [0.1, 0.15) is 0 Å². The highest BCUT2D eigenvalue weighted by molar-refractivity contribution is 6.33. The van der Waals surface area contributed by atoms with Gasteiger partial charge in [0, 0.05) is 19.2 Å². The molecule has 0 heterocycles. The molecule has 0 unspecified atom stereocenters. The van der Waals surface area contributed by atoms with Gasteiger partial charge in [0.2, 0.25) is 0 Å². The minimum Gasteiger partial charge on any atom is -0.392 e. The number of hydrogen-bond acceptors (Lipinski definition) is 2. The molecule has 0 aliphatic carbocycles. The predicted molar refractivity (Wildman–Crippen MR) is 70.1 cm³/mol. The summed E-state index contributed by atoms with van der Waals surface area (Å²) in [5.41, 5.74) is 1.80. The van der Waals surface area contributed by atoms with Crippen molar-refractivity contribution in [2.24, 2.45) is 0 Å². The summed E-state index contributed by atoms with van der Waals surface area (Å²) in [6, 6.07) is 5.60. The number of halogens is 1. The molecule has 1 aromatic carbocycles. The molecule has 0 saturated carbocycles. The van der Waals surface area contributed by atoms with Gasteiger partial charge in [-0.25, -0.2) is 0 Å². The van der Waals surface area contributed by atoms with Crippen LogP contribution in [0.2, 0.25) is 5.02 Å². The molecule has 0 fully saturated rings. The van der Waals surface area contributed by atoms with Crippen LogP contribution < -0.4 is 4.90 Å². The molecule has 16 heavy (non-hydrogen) atoms. The third kappa shape index (κ3) is 3.26. The molecule has 2 nitrogen and oxygen atoms in total. The minimum atomic E-state index is 0.0156. The van der Waals surface area contributed by atoms with Gasteiger partial charge >= 0.3 is 0 Å². The van der Waals surface area contributed by atoms with Crippen molar-refractivity contribution in [2.45, 2.75) is 19.4 Å². The van der Waals surface area contributed by atoms with E-state index in [-0.39, 0.29) is 6.61 Å². The molecular weight excluding hydrogens is 222 g/mol. The zero-order valence-electron chi connectivity index (χ0n) is 9.62. The highest BCUT2D eigenvalue weighted by atomic mass is 35.5. The van der Waals surface area contributed by atoms with Crippen molar-refractivity contribution < 1.29 is 5.11 Å². The molecule has 3 heteroatoms. The minimum absolute atomic E-state index is 0.0156. The van der Waals surface area contributed by atoms with Crippen molar-refractivity contribution in [2.75, 3.05) is 18.5 Å². The molecule has 88 valence electrons. The van der Waals surface area contributed by atoms with Crippen molar-refractivity contribution in [1.29, 1.82) is 0 Å². The average Bonchev–Trinajstić information content (AvgIpc) is 2.28. The van der Waals surface area contributed by atoms with Crippen molar-refractivity contribution >= 4 is 17.3 Å². The quantitative estimate of drug-likeness (QED) is 0.609. The van der Waals surface area contributed by atoms with Gasteiger partial charge in [0.25, 0.3) is 0 Å². The molecule has 0 aromatic heterocycles. The maximum absolute atomic E-state index is 9.26. The van der Waals surface area contributed by atoms with Gasteiger partial charge in [-0.05, 0) is 18.9 Å². The predicted octanol–water partition coefficient (Wildman–Crippen LogP) is 3.23. The molecule has 1 N–H and O–H groups in total. The number of unbranched alkanes of at least 4 members (excludes halogenated alkanes) is 1. The molecule has 1 aromatic rings. The van der Waals surface area contributed by atoms with Crippen LogP contribution in [0, 0.1) is 0 Å². The highest BCUT2D eigenvalue weighted by Gasteiger charge is 2.10. The second-order valence-corrected chi connectivity index (χ2v) is 4.17. The van der Waals surface area contributed by atoms with Crippen molar-refractivity contribution in [1.82, 2.24) is 0 Å². The molecule has 0 saturated heterocycles. The largest absolute Gasteiger partial charge is 0.392 e. The van der Waals surface area contributed by atoms with Crippen LogP contribution in [0.4, 0.5) is 5.69 Å². The molecule has 0 amide bonds. The highest BCUT2D eigenvalue weighted by Crippen LogP contribution is 2.29. The lowest BCUT2D eigenvalue weighted by molar-refractivity contribution is 0.282. The first-order chi connectivity index (χ1) is 7.70. The van der Waals surface area contributed by atoms with Gasteiger partial charge in [0.05, 0.1) is 17.3 Å². The van der Waals surface area contributed by atoms with E-state index < -0.39 is 0 Å². The van der Waals surface area contributed by atoms with E-state index in [9.17, 15) is 5.11 Å². The summed E-state index contributed by atoms with van der Waals surface area (Å²) in [6.07, 6.45) is 3.94. The summed E-state index contributed by atoms with van der Waals surface area (Å²) in [4.78, 5) is 2.08. The number of hydrogen-bond donors (Lipinski definition) is 1. The molecule has 0 aliphatic heterocycles. The maximum Gasteiger partial charge on any atom is 0.0702 e. The SMILES string of the molecule is C=CCCCN(C)c1c(Cl)cccc1CO. The van der Waals surface area contributed by atoms with Gasteiger partial charge in [-0.1, -0.05) is 29.8 Å². The summed E-state index contributed by atoms with van der Waals surface area (Å²) in [5.74, 6) is 0.